The van der Waals surface area contributed by atoms with Gasteiger partial charge in [0.2, 0.25) is 0 Å². The van der Waals surface area contributed by atoms with E-state index in [4.69, 9.17) is 0 Å². The Morgan fingerprint density at radius 1 is 1.27 bits per heavy atom. The van der Waals surface area contributed by atoms with Gasteiger partial charge in [-0.25, -0.2) is 0 Å². The standard InChI is InChI=1S/C7H4Br2O2/c8-6-2-1-5(11-4-10)3-7(6)9/h1-4H. The van der Waals surface area contributed by atoms with E-state index < -0.39 is 0 Å². The van der Waals surface area contributed by atoms with Crippen molar-refractivity contribution in [3.63, 3.8) is 0 Å². The third-order valence-electron chi connectivity index (χ3n) is 1.08. The van der Waals surface area contributed by atoms with Crippen LogP contribution in [-0.4, -0.2) is 6.47 Å². The van der Waals surface area contributed by atoms with Crippen LogP contribution in [0, 0.1) is 0 Å². The Balaban J connectivity index is 2.95. The van der Waals surface area contributed by atoms with Crippen LogP contribution in [0.25, 0.3) is 0 Å². The first-order valence-electron chi connectivity index (χ1n) is 2.79. The average Bonchev–Trinajstić information content (AvgIpc) is 1.98. The van der Waals surface area contributed by atoms with Gasteiger partial charge in [0.25, 0.3) is 6.47 Å². The quantitative estimate of drug-likeness (QED) is 0.778. The monoisotopic (exact) mass is 278 g/mol. The molecule has 0 saturated heterocycles. The number of carbonyl (C=O) groups is 1. The fraction of sp³-hybridized carbons (Fsp3) is 0. The molecule has 1 aromatic rings. The van der Waals surface area contributed by atoms with Crippen molar-refractivity contribution >= 4 is 38.3 Å². The largest absolute Gasteiger partial charge is 0.429 e. The number of hydrogen-bond acceptors (Lipinski definition) is 2. The third-order valence-corrected chi connectivity index (χ3v) is 2.95. The van der Waals surface area contributed by atoms with E-state index in [1.54, 1.807) is 18.2 Å². The molecule has 0 saturated carbocycles. The Bertz CT molecular complexity index is 273. The van der Waals surface area contributed by atoms with Crippen molar-refractivity contribution in [3.05, 3.63) is 27.1 Å². The molecule has 0 fully saturated rings. The van der Waals surface area contributed by atoms with E-state index in [-0.39, 0.29) is 0 Å². The van der Waals surface area contributed by atoms with E-state index in [0.717, 1.165) is 8.95 Å². The maximum atomic E-state index is 9.92. The summed E-state index contributed by atoms with van der Waals surface area (Å²) in [6, 6.07) is 5.20. The fourth-order valence-corrected chi connectivity index (χ4v) is 1.21. The van der Waals surface area contributed by atoms with Crippen molar-refractivity contribution in [2.24, 2.45) is 0 Å². The molecular formula is C7H4Br2O2. The van der Waals surface area contributed by atoms with Crippen LogP contribution in [0.15, 0.2) is 27.1 Å². The lowest BCUT2D eigenvalue weighted by molar-refractivity contribution is -0.120. The number of carbonyl (C=O) groups excluding carboxylic acids is 1. The smallest absolute Gasteiger partial charge is 0.298 e. The maximum Gasteiger partial charge on any atom is 0.298 e. The molecule has 0 aliphatic carbocycles. The van der Waals surface area contributed by atoms with Gasteiger partial charge in [0.05, 0.1) is 0 Å². The summed E-state index contributed by atoms with van der Waals surface area (Å²) in [7, 11) is 0. The molecule has 0 spiro atoms. The lowest BCUT2D eigenvalue weighted by Gasteiger charge is -1.98. The predicted molar refractivity (Wildman–Crippen MR) is 48.5 cm³/mol. The summed E-state index contributed by atoms with van der Waals surface area (Å²) >= 11 is 6.56. The number of benzene rings is 1. The van der Waals surface area contributed by atoms with Crippen molar-refractivity contribution in [1.82, 2.24) is 0 Å². The zero-order chi connectivity index (χ0) is 8.27. The van der Waals surface area contributed by atoms with Crippen LogP contribution in [0.2, 0.25) is 0 Å². The number of ether oxygens (including phenoxy) is 1. The molecule has 0 aliphatic rings. The van der Waals surface area contributed by atoms with Crippen LogP contribution < -0.4 is 4.74 Å². The van der Waals surface area contributed by atoms with Crippen LogP contribution in [0.1, 0.15) is 0 Å². The normalized spacial score (nSPS) is 9.27. The minimum absolute atomic E-state index is 0.398. The SMILES string of the molecule is O=COc1ccc(Br)c(Br)c1. The molecule has 0 N–H and O–H groups in total. The summed E-state index contributed by atoms with van der Waals surface area (Å²) in [6.45, 7) is 0.398. The molecule has 4 heteroatoms. The topological polar surface area (TPSA) is 26.3 Å². The summed E-state index contributed by atoms with van der Waals surface area (Å²) in [5.74, 6) is 0.523. The number of halogens is 2. The van der Waals surface area contributed by atoms with Crippen molar-refractivity contribution in [3.8, 4) is 5.75 Å². The van der Waals surface area contributed by atoms with Crippen LogP contribution in [0.3, 0.4) is 0 Å². The zero-order valence-corrected chi connectivity index (χ0v) is 8.55. The molecule has 0 heterocycles. The minimum Gasteiger partial charge on any atom is -0.429 e. The second-order valence-electron chi connectivity index (χ2n) is 1.79. The predicted octanol–water partition coefficient (Wildman–Crippen LogP) is 2.75. The van der Waals surface area contributed by atoms with Crippen LogP contribution in [-0.2, 0) is 4.79 Å². The molecule has 58 valence electrons. The maximum absolute atomic E-state index is 9.92. The molecule has 2 nitrogen and oxygen atoms in total. The summed E-state index contributed by atoms with van der Waals surface area (Å²) in [4.78, 5) is 9.92. The van der Waals surface area contributed by atoms with Crippen LogP contribution in [0.4, 0.5) is 0 Å². The van der Waals surface area contributed by atoms with Gasteiger partial charge in [-0.15, -0.1) is 0 Å². The van der Waals surface area contributed by atoms with Crippen molar-refractivity contribution in [2.75, 3.05) is 0 Å². The number of rotatable bonds is 2. The summed E-state index contributed by atoms with van der Waals surface area (Å²) in [5.41, 5.74) is 0. The van der Waals surface area contributed by atoms with Gasteiger partial charge >= 0.3 is 0 Å². The first kappa shape index (κ1) is 8.74. The second kappa shape index (κ2) is 3.88. The van der Waals surface area contributed by atoms with Gasteiger partial charge in [0.1, 0.15) is 5.75 Å². The highest BCUT2D eigenvalue weighted by Crippen LogP contribution is 2.26. The van der Waals surface area contributed by atoms with Gasteiger partial charge in [-0.05, 0) is 50.1 Å². The Morgan fingerprint density at radius 3 is 2.55 bits per heavy atom. The molecule has 1 aromatic carbocycles. The lowest BCUT2D eigenvalue weighted by atomic mass is 10.3. The molecular weight excluding hydrogens is 276 g/mol. The van der Waals surface area contributed by atoms with Crippen molar-refractivity contribution in [2.45, 2.75) is 0 Å². The molecule has 0 bridgehead atoms. The van der Waals surface area contributed by atoms with E-state index in [0.29, 0.717) is 12.2 Å². The van der Waals surface area contributed by atoms with Gasteiger partial charge in [0, 0.05) is 8.95 Å². The molecule has 0 atom stereocenters. The molecule has 0 radical (unpaired) electrons. The van der Waals surface area contributed by atoms with Crippen LogP contribution >= 0.6 is 31.9 Å². The highest BCUT2D eigenvalue weighted by molar-refractivity contribution is 9.13. The first-order chi connectivity index (χ1) is 5.24. The molecule has 1 rings (SSSR count). The molecule has 0 amide bonds. The summed E-state index contributed by atoms with van der Waals surface area (Å²) in [6.07, 6.45) is 0. The zero-order valence-electron chi connectivity index (χ0n) is 5.38. The van der Waals surface area contributed by atoms with Gasteiger partial charge in [-0.1, -0.05) is 0 Å². The van der Waals surface area contributed by atoms with E-state index in [1.165, 1.54) is 0 Å². The van der Waals surface area contributed by atoms with Gasteiger partial charge < -0.3 is 4.74 Å². The van der Waals surface area contributed by atoms with E-state index in [9.17, 15) is 4.79 Å². The third kappa shape index (κ3) is 2.31. The lowest BCUT2D eigenvalue weighted by Crippen LogP contribution is -1.87. The van der Waals surface area contributed by atoms with Crippen molar-refractivity contribution in [1.29, 1.82) is 0 Å². The molecule has 0 aromatic heterocycles. The highest BCUT2D eigenvalue weighted by atomic mass is 79.9. The van der Waals surface area contributed by atoms with E-state index >= 15 is 0 Å². The highest BCUT2D eigenvalue weighted by Gasteiger charge is 1.97. The average molecular weight is 280 g/mol. The molecule has 11 heavy (non-hydrogen) atoms. The van der Waals surface area contributed by atoms with E-state index in [1.807, 2.05) is 0 Å². The summed E-state index contributed by atoms with van der Waals surface area (Å²) in [5, 5.41) is 0. The Hall–Kier alpha value is -0.350. The molecule has 0 aliphatic heterocycles. The Kier molecular flexibility index (Phi) is 3.08. The van der Waals surface area contributed by atoms with E-state index in [2.05, 4.69) is 36.6 Å². The first-order valence-corrected chi connectivity index (χ1v) is 4.38. The summed E-state index contributed by atoms with van der Waals surface area (Å²) < 4.78 is 6.40. The number of hydrogen-bond donors (Lipinski definition) is 0. The van der Waals surface area contributed by atoms with Gasteiger partial charge in [-0.2, -0.15) is 0 Å². The Labute approximate surface area is 80.8 Å². The second-order valence-corrected chi connectivity index (χ2v) is 3.50. The Morgan fingerprint density at radius 2 is 2.00 bits per heavy atom. The molecule has 0 unspecified atom stereocenters. The van der Waals surface area contributed by atoms with Crippen LogP contribution in [0.5, 0.6) is 5.75 Å². The fourth-order valence-electron chi connectivity index (χ4n) is 0.606. The van der Waals surface area contributed by atoms with Gasteiger partial charge in [0.15, 0.2) is 0 Å². The van der Waals surface area contributed by atoms with Gasteiger partial charge in [-0.3, -0.25) is 4.79 Å². The van der Waals surface area contributed by atoms with Crippen molar-refractivity contribution < 1.29 is 9.53 Å². The minimum atomic E-state index is 0.398.